The summed E-state index contributed by atoms with van der Waals surface area (Å²) < 4.78 is 5.14. The molecule has 0 aromatic heterocycles. The monoisotopic (exact) mass is 219 g/mol. The summed E-state index contributed by atoms with van der Waals surface area (Å²) in [6.45, 7) is 0. The predicted octanol–water partition coefficient (Wildman–Crippen LogP) is 1.01. The number of hydrazone groups is 1. The van der Waals surface area contributed by atoms with Crippen molar-refractivity contribution in [3.63, 3.8) is 0 Å². The SMILES string of the molecule is COc1ccc2c(c1)CCC2=NNC(N)=O. The molecule has 0 saturated carbocycles. The molecule has 1 aromatic rings. The van der Waals surface area contributed by atoms with Crippen LogP contribution in [-0.4, -0.2) is 18.9 Å². The molecule has 0 saturated heterocycles. The number of fused-ring (bicyclic) bond motifs is 1. The first-order valence-electron chi connectivity index (χ1n) is 5.00. The summed E-state index contributed by atoms with van der Waals surface area (Å²) in [5.74, 6) is 0.836. The van der Waals surface area contributed by atoms with Crippen LogP contribution in [0.3, 0.4) is 0 Å². The lowest BCUT2D eigenvalue weighted by Gasteiger charge is -2.03. The number of amides is 2. The van der Waals surface area contributed by atoms with Crippen molar-refractivity contribution in [1.82, 2.24) is 5.43 Å². The molecule has 84 valence electrons. The molecular formula is C11H13N3O2. The number of aryl methyl sites for hydroxylation is 1. The molecule has 0 unspecified atom stereocenters. The summed E-state index contributed by atoms with van der Waals surface area (Å²) >= 11 is 0. The normalized spacial score (nSPS) is 15.9. The number of carbonyl (C=O) groups is 1. The van der Waals surface area contributed by atoms with Crippen molar-refractivity contribution in [3.8, 4) is 5.75 Å². The number of hydrogen-bond donors (Lipinski definition) is 2. The Hall–Kier alpha value is -2.04. The van der Waals surface area contributed by atoms with E-state index in [1.165, 1.54) is 5.56 Å². The van der Waals surface area contributed by atoms with E-state index < -0.39 is 6.03 Å². The van der Waals surface area contributed by atoms with Crippen LogP contribution in [-0.2, 0) is 6.42 Å². The van der Waals surface area contributed by atoms with Gasteiger partial charge < -0.3 is 10.5 Å². The number of nitrogens with two attached hydrogens (primary N) is 1. The third kappa shape index (κ3) is 1.98. The zero-order chi connectivity index (χ0) is 11.5. The molecule has 0 radical (unpaired) electrons. The Balaban J connectivity index is 2.26. The van der Waals surface area contributed by atoms with Crippen LogP contribution in [0.4, 0.5) is 4.79 Å². The van der Waals surface area contributed by atoms with Gasteiger partial charge in [0, 0.05) is 5.56 Å². The maximum absolute atomic E-state index is 10.6. The van der Waals surface area contributed by atoms with E-state index in [2.05, 4.69) is 10.5 Å². The molecule has 1 aromatic carbocycles. The highest BCUT2D eigenvalue weighted by Crippen LogP contribution is 2.26. The minimum absolute atomic E-state index is 0.644. The van der Waals surface area contributed by atoms with E-state index in [-0.39, 0.29) is 0 Å². The van der Waals surface area contributed by atoms with Gasteiger partial charge in [-0.3, -0.25) is 0 Å². The number of hydrogen-bond acceptors (Lipinski definition) is 3. The van der Waals surface area contributed by atoms with Gasteiger partial charge in [-0.15, -0.1) is 0 Å². The second kappa shape index (κ2) is 4.22. The van der Waals surface area contributed by atoms with Crippen molar-refractivity contribution in [2.45, 2.75) is 12.8 Å². The topological polar surface area (TPSA) is 76.7 Å². The molecular weight excluding hydrogens is 206 g/mol. The molecule has 0 aliphatic heterocycles. The summed E-state index contributed by atoms with van der Waals surface area (Å²) in [6.07, 6.45) is 1.72. The summed E-state index contributed by atoms with van der Waals surface area (Å²) in [7, 11) is 1.64. The standard InChI is InChI=1S/C11H13N3O2/c1-16-8-3-4-9-7(6-8)2-5-10(9)13-14-11(12)15/h3-4,6H,2,5H2,1H3,(H3,12,14,15). The van der Waals surface area contributed by atoms with Crippen molar-refractivity contribution in [2.24, 2.45) is 10.8 Å². The fourth-order valence-electron chi connectivity index (χ4n) is 1.81. The first-order valence-corrected chi connectivity index (χ1v) is 5.00. The second-order valence-electron chi connectivity index (χ2n) is 3.56. The number of nitrogens with one attached hydrogen (secondary N) is 1. The summed E-state index contributed by atoms with van der Waals surface area (Å²) in [5.41, 5.74) is 10.3. The Morgan fingerprint density at radius 2 is 2.31 bits per heavy atom. The van der Waals surface area contributed by atoms with Crippen LogP contribution in [0.1, 0.15) is 17.5 Å². The maximum atomic E-state index is 10.6. The molecule has 5 nitrogen and oxygen atoms in total. The highest BCUT2D eigenvalue weighted by molar-refractivity contribution is 6.04. The number of ether oxygens (including phenoxy) is 1. The van der Waals surface area contributed by atoms with Crippen molar-refractivity contribution in [1.29, 1.82) is 0 Å². The fraction of sp³-hybridized carbons (Fsp3) is 0.273. The van der Waals surface area contributed by atoms with Crippen LogP contribution in [0.2, 0.25) is 0 Å². The Morgan fingerprint density at radius 3 is 3.00 bits per heavy atom. The Morgan fingerprint density at radius 1 is 1.50 bits per heavy atom. The molecule has 0 spiro atoms. The molecule has 1 aliphatic rings. The van der Waals surface area contributed by atoms with Gasteiger partial charge in [-0.1, -0.05) is 0 Å². The van der Waals surface area contributed by atoms with E-state index in [0.29, 0.717) is 0 Å². The van der Waals surface area contributed by atoms with Crippen LogP contribution >= 0.6 is 0 Å². The van der Waals surface area contributed by atoms with Gasteiger partial charge in [0.2, 0.25) is 0 Å². The van der Waals surface area contributed by atoms with Crippen LogP contribution in [0, 0.1) is 0 Å². The Bertz CT molecular complexity index is 455. The van der Waals surface area contributed by atoms with E-state index in [0.717, 1.165) is 29.9 Å². The molecule has 3 N–H and O–H groups in total. The van der Waals surface area contributed by atoms with Crippen molar-refractivity contribution in [2.75, 3.05) is 7.11 Å². The van der Waals surface area contributed by atoms with E-state index >= 15 is 0 Å². The van der Waals surface area contributed by atoms with Gasteiger partial charge in [-0.05, 0) is 36.6 Å². The molecule has 2 amide bonds. The lowest BCUT2D eigenvalue weighted by molar-refractivity contribution is 0.249. The van der Waals surface area contributed by atoms with Gasteiger partial charge in [0.05, 0.1) is 12.8 Å². The zero-order valence-electron chi connectivity index (χ0n) is 8.99. The molecule has 0 fully saturated rings. The highest BCUT2D eigenvalue weighted by atomic mass is 16.5. The van der Waals surface area contributed by atoms with Crippen molar-refractivity contribution < 1.29 is 9.53 Å². The molecule has 2 rings (SSSR count). The number of benzene rings is 1. The van der Waals surface area contributed by atoms with E-state index in [9.17, 15) is 4.79 Å². The molecule has 0 bridgehead atoms. The number of primary amides is 1. The smallest absolute Gasteiger partial charge is 0.332 e. The van der Waals surface area contributed by atoms with Gasteiger partial charge in [-0.25, -0.2) is 10.2 Å². The summed E-state index contributed by atoms with van der Waals surface area (Å²) in [4.78, 5) is 10.6. The largest absolute Gasteiger partial charge is 0.497 e. The quantitative estimate of drug-likeness (QED) is 0.728. The van der Waals surface area contributed by atoms with Gasteiger partial charge in [-0.2, -0.15) is 5.10 Å². The first kappa shape index (κ1) is 10.5. The Labute approximate surface area is 93.3 Å². The number of urea groups is 1. The van der Waals surface area contributed by atoms with Crippen LogP contribution < -0.4 is 15.9 Å². The third-order valence-corrected chi connectivity index (χ3v) is 2.56. The van der Waals surface area contributed by atoms with Crippen molar-refractivity contribution in [3.05, 3.63) is 29.3 Å². The zero-order valence-corrected chi connectivity index (χ0v) is 8.99. The average Bonchev–Trinajstić information content (AvgIpc) is 2.68. The first-order chi connectivity index (χ1) is 7.70. The summed E-state index contributed by atoms with van der Waals surface area (Å²) in [6, 6.07) is 5.17. The van der Waals surface area contributed by atoms with Crippen LogP contribution in [0.25, 0.3) is 0 Å². The van der Waals surface area contributed by atoms with Crippen molar-refractivity contribution >= 4 is 11.7 Å². The number of methoxy groups -OCH3 is 1. The van der Waals surface area contributed by atoms with E-state index in [1.54, 1.807) is 7.11 Å². The third-order valence-electron chi connectivity index (χ3n) is 2.56. The number of nitrogens with zero attached hydrogens (tertiary/aromatic N) is 1. The lowest BCUT2D eigenvalue weighted by atomic mass is 10.1. The van der Waals surface area contributed by atoms with E-state index in [4.69, 9.17) is 10.5 Å². The number of carbonyl (C=O) groups excluding carboxylic acids is 1. The molecule has 0 atom stereocenters. The summed E-state index contributed by atoms with van der Waals surface area (Å²) in [5, 5.41) is 3.97. The predicted molar refractivity (Wildman–Crippen MR) is 60.6 cm³/mol. The van der Waals surface area contributed by atoms with Gasteiger partial charge >= 0.3 is 6.03 Å². The van der Waals surface area contributed by atoms with E-state index in [1.807, 2.05) is 18.2 Å². The lowest BCUT2D eigenvalue weighted by Crippen LogP contribution is -2.25. The molecule has 16 heavy (non-hydrogen) atoms. The molecule has 5 heteroatoms. The van der Waals surface area contributed by atoms with Crippen LogP contribution in [0.5, 0.6) is 5.75 Å². The fourth-order valence-corrected chi connectivity index (χ4v) is 1.81. The van der Waals surface area contributed by atoms with Gasteiger partial charge in [0.1, 0.15) is 5.75 Å². The number of rotatable bonds is 2. The minimum atomic E-state index is -0.644. The maximum Gasteiger partial charge on any atom is 0.332 e. The van der Waals surface area contributed by atoms with Crippen LogP contribution in [0.15, 0.2) is 23.3 Å². The molecule has 1 aliphatic carbocycles. The highest BCUT2D eigenvalue weighted by Gasteiger charge is 2.18. The second-order valence-corrected chi connectivity index (χ2v) is 3.56. The van der Waals surface area contributed by atoms with Gasteiger partial charge in [0.25, 0.3) is 0 Å². The Kier molecular flexibility index (Phi) is 2.76. The average molecular weight is 219 g/mol. The van der Waals surface area contributed by atoms with Gasteiger partial charge in [0.15, 0.2) is 0 Å². The minimum Gasteiger partial charge on any atom is -0.497 e. The molecule has 0 heterocycles.